The molecular formula is C22H21F3N2O2. The van der Waals surface area contributed by atoms with E-state index in [0.29, 0.717) is 23.9 Å². The van der Waals surface area contributed by atoms with E-state index in [0.717, 1.165) is 11.8 Å². The highest BCUT2D eigenvalue weighted by Crippen LogP contribution is 2.36. The summed E-state index contributed by atoms with van der Waals surface area (Å²) in [5.41, 5.74) is -0.183. The number of aromatic nitrogens is 1. The fourth-order valence-electron chi connectivity index (χ4n) is 3.94. The van der Waals surface area contributed by atoms with E-state index in [2.05, 4.69) is 9.88 Å². The second kappa shape index (κ2) is 7.22. The maximum Gasteiger partial charge on any atom is 0.417 e. The second-order valence-corrected chi connectivity index (χ2v) is 7.49. The number of ether oxygens (including phenoxy) is 1. The molecule has 2 atom stereocenters. The van der Waals surface area contributed by atoms with Crippen molar-refractivity contribution in [2.24, 2.45) is 0 Å². The molecule has 1 aliphatic rings. The summed E-state index contributed by atoms with van der Waals surface area (Å²) in [6.07, 6.45) is -4.35. The molecule has 0 aliphatic carbocycles. The Morgan fingerprint density at radius 3 is 2.41 bits per heavy atom. The fraction of sp³-hybridized carbons (Fsp3) is 0.318. The third-order valence-electron chi connectivity index (χ3n) is 5.14. The Morgan fingerprint density at radius 1 is 1.03 bits per heavy atom. The SMILES string of the molecule is C[C@@H]1CN(c2ccc3cc(-c4ccccc4C(F)(F)F)[nH]c(=O)c3c2)C[C@H](C)O1. The van der Waals surface area contributed by atoms with E-state index in [1.165, 1.54) is 18.2 Å². The van der Waals surface area contributed by atoms with Crippen LogP contribution in [-0.2, 0) is 10.9 Å². The number of halogens is 3. The number of H-pyrrole nitrogens is 1. The minimum Gasteiger partial charge on any atom is -0.372 e. The van der Waals surface area contributed by atoms with Crippen LogP contribution in [0.15, 0.2) is 53.3 Å². The minimum atomic E-state index is -4.50. The summed E-state index contributed by atoms with van der Waals surface area (Å²) in [6, 6.07) is 12.3. The maximum absolute atomic E-state index is 13.4. The van der Waals surface area contributed by atoms with Crippen LogP contribution in [0.4, 0.5) is 18.9 Å². The van der Waals surface area contributed by atoms with Crippen molar-refractivity contribution in [3.05, 3.63) is 64.4 Å². The molecule has 2 heterocycles. The number of hydrogen-bond acceptors (Lipinski definition) is 3. The number of nitrogens with zero attached hydrogens (tertiary/aromatic N) is 1. The number of nitrogens with one attached hydrogen (secondary N) is 1. The van der Waals surface area contributed by atoms with Gasteiger partial charge in [-0.3, -0.25) is 4.79 Å². The number of rotatable bonds is 2. The predicted molar refractivity (Wildman–Crippen MR) is 107 cm³/mol. The Labute approximate surface area is 165 Å². The van der Waals surface area contributed by atoms with Crippen molar-refractivity contribution in [3.63, 3.8) is 0 Å². The molecule has 0 saturated carbocycles. The van der Waals surface area contributed by atoms with Crippen LogP contribution in [0, 0.1) is 0 Å². The van der Waals surface area contributed by atoms with Crippen molar-refractivity contribution in [1.29, 1.82) is 0 Å². The molecule has 0 radical (unpaired) electrons. The van der Waals surface area contributed by atoms with E-state index < -0.39 is 17.3 Å². The van der Waals surface area contributed by atoms with Gasteiger partial charge in [-0.1, -0.05) is 24.3 Å². The van der Waals surface area contributed by atoms with E-state index in [4.69, 9.17) is 4.74 Å². The van der Waals surface area contributed by atoms with Crippen LogP contribution in [0.3, 0.4) is 0 Å². The summed E-state index contributed by atoms with van der Waals surface area (Å²) >= 11 is 0. The Kier molecular flexibility index (Phi) is 4.86. The van der Waals surface area contributed by atoms with Gasteiger partial charge in [-0.05, 0) is 43.5 Å². The van der Waals surface area contributed by atoms with Crippen LogP contribution in [0.25, 0.3) is 22.0 Å². The number of morpholine rings is 1. The molecule has 7 heteroatoms. The zero-order chi connectivity index (χ0) is 20.8. The van der Waals surface area contributed by atoms with Gasteiger partial charge in [-0.25, -0.2) is 0 Å². The van der Waals surface area contributed by atoms with Gasteiger partial charge in [0.05, 0.1) is 17.8 Å². The van der Waals surface area contributed by atoms with Crippen LogP contribution < -0.4 is 10.5 Å². The van der Waals surface area contributed by atoms with Crippen LogP contribution in [-0.4, -0.2) is 30.3 Å². The Bertz CT molecular complexity index is 1100. The van der Waals surface area contributed by atoms with Crippen molar-refractivity contribution >= 4 is 16.5 Å². The van der Waals surface area contributed by atoms with E-state index in [1.807, 2.05) is 19.9 Å². The molecule has 1 aliphatic heterocycles. The number of hydrogen-bond donors (Lipinski definition) is 1. The molecule has 1 aromatic heterocycles. The predicted octanol–water partition coefficient (Wildman–Crippen LogP) is 4.83. The van der Waals surface area contributed by atoms with Gasteiger partial charge in [0.25, 0.3) is 5.56 Å². The summed E-state index contributed by atoms with van der Waals surface area (Å²) in [6.45, 7) is 5.43. The second-order valence-electron chi connectivity index (χ2n) is 7.49. The highest BCUT2D eigenvalue weighted by molar-refractivity contribution is 5.88. The summed E-state index contributed by atoms with van der Waals surface area (Å²) < 4.78 is 45.8. The fourth-order valence-corrected chi connectivity index (χ4v) is 3.94. The number of benzene rings is 2. The summed E-state index contributed by atoms with van der Waals surface area (Å²) in [7, 11) is 0. The van der Waals surface area contributed by atoms with E-state index in [-0.39, 0.29) is 23.5 Å². The standard InChI is InChI=1S/C22H21F3N2O2/c1-13-11-27(12-14(2)29-13)16-8-7-15-9-20(26-21(28)18(15)10-16)17-5-3-4-6-19(17)22(23,24)25/h3-10,13-14H,11-12H2,1-2H3,(H,26,28)/t13-,14+. The normalized spacial score (nSPS) is 20.2. The quantitative estimate of drug-likeness (QED) is 0.668. The van der Waals surface area contributed by atoms with Crippen molar-refractivity contribution in [1.82, 2.24) is 4.98 Å². The number of pyridine rings is 1. The molecule has 1 N–H and O–H groups in total. The molecule has 3 aromatic rings. The smallest absolute Gasteiger partial charge is 0.372 e. The van der Waals surface area contributed by atoms with Crippen molar-refractivity contribution in [3.8, 4) is 11.3 Å². The molecule has 0 unspecified atom stereocenters. The molecule has 1 saturated heterocycles. The Balaban J connectivity index is 1.78. The molecule has 4 rings (SSSR count). The maximum atomic E-state index is 13.4. The molecule has 1 fully saturated rings. The van der Waals surface area contributed by atoms with Crippen molar-refractivity contribution in [2.75, 3.05) is 18.0 Å². The van der Waals surface area contributed by atoms with Gasteiger partial charge >= 0.3 is 6.18 Å². The van der Waals surface area contributed by atoms with E-state index in [9.17, 15) is 18.0 Å². The van der Waals surface area contributed by atoms with Gasteiger partial charge in [0.2, 0.25) is 0 Å². The summed E-state index contributed by atoms with van der Waals surface area (Å²) in [4.78, 5) is 17.5. The number of alkyl halides is 3. The van der Waals surface area contributed by atoms with Crippen LogP contribution in [0.5, 0.6) is 0 Å². The molecular weight excluding hydrogens is 381 g/mol. The third-order valence-corrected chi connectivity index (χ3v) is 5.14. The Morgan fingerprint density at radius 2 is 1.72 bits per heavy atom. The first-order valence-corrected chi connectivity index (χ1v) is 9.46. The van der Waals surface area contributed by atoms with Crippen LogP contribution in [0.1, 0.15) is 19.4 Å². The van der Waals surface area contributed by atoms with Gasteiger partial charge in [-0.15, -0.1) is 0 Å². The molecule has 4 nitrogen and oxygen atoms in total. The topological polar surface area (TPSA) is 45.3 Å². The highest BCUT2D eigenvalue weighted by Gasteiger charge is 2.33. The largest absolute Gasteiger partial charge is 0.417 e. The van der Waals surface area contributed by atoms with Gasteiger partial charge < -0.3 is 14.6 Å². The Hall–Kier alpha value is -2.80. The lowest BCUT2D eigenvalue weighted by Crippen LogP contribution is -2.45. The van der Waals surface area contributed by atoms with Crippen molar-refractivity contribution in [2.45, 2.75) is 32.2 Å². The molecule has 29 heavy (non-hydrogen) atoms. The molecule has 0 spiro atoms. The molecule has 0 amide bonds. The lowest BCUT2D eigenvalue weighted by Gasteiger charge is -2.37. The monoisotopic (exact) mass is 402 g/mol. The summed E-state index contributed by atoms with van der Waals surface area (Å²) in [5, 5.41) is 1.04. The van der Waals surface area contributed by atoms with Gasteiger partial charge in [0, 0.05) is 35.4 Å². The zero-order valence-corrected chi connectivity index (χ0v) is 16.1. The molecule has 0 bridgehead atoms. The van der Waals surface area contributed by atoms with E-state index >= 15 is 0 Å². The molecule has 2 aromatic carbocycles. The number of anilines is 1. The lowest BCUT2D eigenvalue weighted by atomic mass is 10.0. The average Bonchev–Trinajstić information content (AvgIpc) is 2.66. The first-order chi connectivity index (χ1) is 13.7. The third kappa shape index (κ3) is 3.87. The van der Waals surface area contributed by atoms with Crippen molar-refractivity contribution < 1.29 is 17.9 Å². The summed E-state index contributed by atoms with van der Waals surface area (Å²) in [5.74, 6) is 0. The van der Waals surface area contributed by atoms with Crippen LogP contribution in [0.2, 0.25) is 0 Å². The molecule has 152 valence electrons. The van der Waals surface area contributed by atoms with Crippen LogP contribution >= 0.6 is 0 Å². The first-order valence-electron chi connectivity index (χ1n) is 9.46. The highest BCUT2D eigenvalue weighted by atomic mass is 19.4. The first kappa shape index (κ1) is 19.5. The van der Waals surface area contributed by atoms with Gasteiger partial charge in [-0.2, -0.15) is 13.2 Å². The lowest BCUT2D eigenvalue weighted by molar-refractivity contribution is -0.137. The number of fused-ring (bicyclic) bond motifs is 1. The van der Waals surface area contributed by atoms with E-state index in [1.54, 1.807) is 18.2 Å². The van der Waals surface area contributed by atoms with Gasteiger partial charge in [0.1, 0.15) is 0 Å². The zero-order valence-electron chi connectivity index (χ0n) is 16.1. The number of aromatic amines is 1. The van der Waals surface area contributed by atoms with Gasteiger partial charge in [0.15, 0.2) is 0 Å². The minimum absolute atomic E-state index is 0.0427. The average molecular weight is 402 g/mol.